The highest BCUT2D eigenvalue weighted by Gasteiger charge is 2.46. The molecule has 5 N–H and O–H groups in total. The van der Waals surface area contributed by atoms with Gasteiger partial charge in [-0.15, -0.1) is 0 Å². The number of aromatic hydroxyl groups is 3. The number of aliphatic hydroxyl groups is 2. The predicted molar refractivity (Wildman–Crippen MR) is 168 cm³/mol. The number of ether oxygens (including phenoxy) is 2. The molecule has 3 aromatic rings. The van der Waals surface area contributed by atoms with E-state index in [0.29, 0.717) is 19.3 Å². The van der Waals surface area contributed by atoms with Gasteiger partial charge in [-0.25, -0.2) is 0 Å². The van der Waals surface area contributed by atoms with Crippen molar-refractivity contribution in [3.63, 3.8) is 0 Å². The van der Waals surface area contributed by atoms with E-state index in [1.54, 1.807) is 48.5 Å². The molecule has 1 aliphatic rings. The number of hydrogen-bond donors (Lipinski definition) is 5. The number of allylic oxidation sites excluding steroid dienone is 1. The second-order valence-corrected chi connectivity index (χ2v) is 11.7. The van der Waals surface area contributed by atoms with Crippen LogP contribution >= 0.6 is 0 Å². The molecule has 8 nitrogen and oxygen atoms in total. The van der Waals surface area contributed by atoms with Crippen molar-refractivity contribution in [3.05, 3.63) is 102 Å². The van der Waals surface area contributed by atoms with Crippen LogP contribution in [0.5, 0.6) is 17.2 Å². The molecule has 4 rings (SSSR count). The summed E-state index contributed by atoms with van der Waals surface area (Å²) in [4.78, 5) is 13.8. The summed E-state index contributed by atoms with van der Waals surface area (Å²) in [6, 6.07) is 20.6. The van der Waals surface area contributed by atoms with E-state index in [9.17, 15) is 30.3 Å². The predicted octanol–water partition coefficient (Wildman–Crippen LogP) is 5.58. The Bertz CT molecular complexity index is 1340. The maximum absolute atomic E-state index is 13.8. The normalized spacial score (nSPS) is 21.6. The van der Waals surface area contributed by atoms with E-state index < -0.39 is 30.3 Å². The lowest BCUT2D eigenvalue weighted by Gasteiger charge is -2.43. The summed E-state index contributed by atoms with van der Waals surface area (Å²) in [5.74, 6) is -0.612. The van der Waals surface area contributed by atoms with Crippen molar-refractivity contribution in [2.45, 2.75) is 69.4 Å². The summed E-state index contributed by atoms with van der Waals surface area (Å²) in [5.41, 5.74) is 2.74. The Morgan fingerprint density at radius 2 is 1.50 bits per heavy atom. The second-order valence-electron chi connectivity index (χ2n) is 11.7. The van der Waals surface area contributed by atoms with Crippen LogP contribution in [-0.4, -0.2) is 63.3 Å². The third-order valence-corrected chi connectivity index (χ3v) is 8.63. The molecule has 0 aromatic heterocycles. The molecule has 1 saturated heterocycles. The first-order chi connectivity index (χ1) is 21.2. The number of phenolic OH excluding ortho intramolecular Hbond substituents is 3. The van der Waals surface area contributed by atoms with Crippen molar-refractivity contribution in [1.29, 1.82) is 0 Å². The molecule has 1 fully saturated rings. The number of Topliss-reactive ketones (excluding diaryl/α,β-unsaturated/α-hetero) is 1. The smallest absolute Gasteiger partial charge is 0.144 e. The van der Waals surface area contributed by atoms with Crippen LogP contribution in [-0.2, 0) is 20.7 Å². The van der Waals surface area contributed by atoms with Gasteiger partial charge in [-0.2, -0.15) is 0 Å². The van der Waals surface area contributed by atoms with Crippen LogP contribution in [0.4, 0.5) is 0 Å². The Kier molecular flexibility index (Phi) is 12.0. The van der Waals surface area contributed by atoms with Crippen LogP contribution in [0, 0.1) is 11.8 Å². The van der Waals surface area contributed by atoms with Crippen molar-refractivity contribution in [2.75, 3.05) is 13.7 Å². The maximum Gasteiger partial charge on any atom is 0.144 e. The number of carbonyl (C=O) groups is 1. The third kappa shape index (κ3) is 8.70. The van der Waals surface area contributed by atoms with E-state index in [-0.39, 0.29) is 54.3 Å². The number of benzene rings is 3. The standard InChI is InChI=1S/C36H44O8/c1-23(36-35(33(43-2)20-21-37)32(42)22-34(44-36)26-11-18-30(41)19-12-26)31(25-9-16-29(40)17-10-25)5-3-4-27(38)13-6-24-7-14-28(39)15-8-24/h3,5,7-12,14-19,23,27,31,33-41H,4,6,13,20-22H2,1-2H3/b5-3+. The minimum absolute atomic E-state index is 0.00966. The van der Waals surface area contributed by atoms with Gasteiger partial charge in [-0.05, 0) is 84.7 Å². The minimum atomic E-state index is -0.612. The Morgan fingerprint density at radius 3 is 2.09 bits per heavy atom. The van der Waals surface area contributed by atoms with Crippen LogP contribution in [0.2, 0.25) is 0 Å². The summed E-state index contributed by atoms with van der Waals surface area (Å²) in [6.45, 7) is 1.90. The van der Waals surface area contributed by atoms with E-state index in [0.717, 1.165) is 16.7 Å². The van der Waals surface area contributed by atoms with E-state index in [1.165, 1.54) is 7.11 Å². The molecule has 236 valence electrons. The lowest BCUT2D eigenvalue weighted by atomic mass is 9.73. The number of hydrogen-bond acceptors (Lipinski definition) is 8. The number of methoxy groups -OCH3 is 1. The average molecular weight is 605 g/mol. The maximum atomic E-state index is 13.8. The Hall–Kier alpha value is -3.69. The average Bonchev–Trinajstić information content (AvgIpc) is 3.02. The summed E-state index contributed by atoms with van der Waals surface area (Å²) in [7, 11) is 1.54. The number of ketones is 1. The SMILES string of the molecule is COC(CCO)C1C(=O)CC(c2ccc(O)cc2)OC1C(C)C(/C=C/CC(O)CCc1ccc(O)cc1)c1ccc(O)cc1. The molecule has 0 amide bonds. The summed E-state index contributed by atoms with van der Waals surface area (Å²) >= 11 is 0. The minimum Gasteiger partial charge on any atom is -0.508 e. The van der Waals surface area contributed by atoms with Crippen molar-refractivity contribution in [2.24, 2.45) is 11.8 Å². The number of aryl methyl sites for hydroxylation is 1. The highest BCUT2D eigenvalue weighted by Crippen LogP contribution is 2.43. The van der Waals surface area contributed by atoms with Crippen molar-refractivity contribution >= 4 is 5.78 Å². The first-order valence-corrected chi connectivity index (χ1v) is 15.2. The molecule has 7 unspecified atom stereocenters. The molecule has 8 heteroatoms. The summed E-state index contributed by atoms with van der Waals surface area (Å²) in [6.07, 6.45) is 3.89. The van der Waals surface area contributed by atoms with Crippen molar-refractivity contribution in [1.82, 2.24) is 0 Å². The largest absolute Gasteiger partial charge is 0.508 e. The second kappa shape index (κ2) is 15.9. The zero-order chi connectivity index (χ0) is 31.6. The molecule has 1 heterocycles. The molecule has 44 heavy (non-hydrogen) atoms. The molecule has 0 bridgehead atoms. The van der Waals surface area contributed by atoms with Gasteiger partial charge in [0.2, 0.25) is 0 Å². The first-order valence-electron chi connectivity index (χ1n) is 15.2. The molecular formula is C36H44O8. The van der Waals surface area contributed by atoms with Crippen LogP contribution in [0.15, 0.2) is 84.9 Å². The monoisotopic (exact) mass is 604 g/mol. The molecule has 1 aliphatic heterocycles. The third-order valence-electron chi connectivity index (χ3n) is 8.63. The number of aliphatic hydroxyl groups excluding tert-OH is 2. The van der Waals surface area contributed by atoms with E-state index in [2.05, 4.69) is 0 Å². The van der Waals surface area contributed by atoms with Gasteiger partial charge < -0.3 is 35.0 Å². The molecule has 0 saturated carbocycles. The van der Waals surface area contributed by atoms with E-state index in [4.69, 9.17) is 9.47 Å². The van der Waals surface area contributed by atoms with Crippen LogP contribution in [0.25, 0.3) is 0 Å². The summed E-state index contributed by atoms with van der Waals surface area (Å²) < 4.78 is 12.5. The zero-order valence-corrected chi connectivity index (χ0v) is 25.3. The topological polar surface area (TPSA) is 137 Å². The van der Waals surface area contributed by atoms with Gasteiger partial charge in [0.05, 0.1) is 30.3 Å². The molecule has 3 aromatic carbocycles. The van der Waals surface area contributed by atoms with Gasteiger partial charge in [-0.3, -0.25) is 4.79 Å². The van der Waals surface area contributed by atoms with Gasteiger partial charge in [0, 0.05) is 26.1 Å². The summed E-state index contributed by atoms with van der Waals surface area (Å²) in [5, 5.41) is 49.8. The van der Waals surface area contributed by atoms with Gasteiger partial charge in [-0.1, -0.05) is 55.5 Å². The zero-order valence-electron chi connectivity index (χ0n) is 25.3. The quantitative estimate of drug-likeness (QED) is 0.151. The van der Waals surface area contributed by atoms with Gasteiger partial charge in [0.15, 0.2) is 0 Å². The van der Waals surface area contributed by atoms with Crippen molar-refractivity contribution < 1.29 is 39.8 Å². The highest BCUT2D eigenvalue weighted by atomic mass is 16.5. The molecule has 0 radical (unpaired) electrons. The fourth-order valence-corrected chi connectivity index (χ4v) is 6.14. The van der Waals surface area contributed by atoms with E-state index in [1.807, 2.05) is 43.3 Å². The van der Waals surface area contributed by atoms with E-state index >= 15 is 0 Å². The van der Waals surface area contributed by atoms with Gasteiger partial charge >= 0.3 is 0 Å². The van der Waals surface area contributed by atoms with Crippen molar-refractivity contribution in [3.8, 4) is 17.2 Å². The Labute approximate surface area is 259 Å². The molecule has 7 atom stereocenters. The number of phenols is 3. The number of carbonyl (C=O) groups excluding carboxylic acids is 1. The lowest BCUT2D eigenvalue weighted by Crippen LogP contribution is -2.49. The van der Waals surface area contributed by atoms with Crippen LogP contribution < -0.4 is 0 Å². The number of rotatable bonds is 14. The fraction of sp³-hybridized carbons (Fsp3) is 0.417. The van der Waals surface area contributed by atoms with Crippen LogP contribution in [0.1, 0.15) is 61.3 Å². The molecule has 0 aliphatic carbocycles. The highest BCUT2D eigenvalue weighted by molar-refractivity contribution is 5.83. The fourth-order valence-electron chi connectivity index (χ4n) is 6.14. The lowest BCUT2D eigenvalue weighted by molar-refractivity contribution is -0.168. The molecular weight excluding hydrogens is 560 g/mol. The first kappa shape index (κ1) is 33.2. The van der Waals surface area contributed by atoms with Gasteiger partial charge in [0.25, 0.3) is 0 Å². The Morgan fingerprint density at radius 1 is 0.909 bits per heavy atom. The Balaban J connectivity index is 1.59. The van der Waals surface area contributed by atoms with Gasteiger partial charge in [0.1, 0.15) is 23.0 Å². The van der Waals surface area contributed by atoms with Crippen LogP contribution in [0.3, 0.4) is 0 Å². The molecule has 0 spiro atoms.